The van der Waals surface area contributed by atoms with Crippen molar-refractivity contribution in [3.05, 3.63) is 81.3 Å². The fraction of sp³-hybridized carbons (Fsp3) is 0.290. The number of phenolic OH excluding ortho intramolecular Hbond substituents is 1. The van der Waals surface area contributed by atoms with Crippen LogP contribution in [0, 0.1) is 23.7 Å². The number of benzene rings is 2. The van der Waals surface area contributed by atoms with E-state index in [2.05, 4.69) is 17.2 Å². The first-order valence-corrected chi connectivity index (χ1v) is 13.2. The second-order valence-corrected chi connectivity index (χ2v) is 11.0. The van der Waals surface area contributed by atoms with Gasteiger partial charge < -0.3 is 31.5 Å². The van der Waals surface area contributed by atoms with Crippen LogP contribution < -0.4 is 11.1 Å². The van der Waals surface area contributed by atoms with Crippen LogP contribution in [0.15, 0.2) is 59.1 Å². The van der Waals surface area contributed by atoms with Gasteiger partial charge >= 0.3 is 0 Å². The lowest BCUT2D eigenvalue weighted by molar-refractivity contribution is -0.148. The summed E-state index contributed by atoms with van der Waals surface area (Å²) in [6, 6.07) is 8.65. The van der Waals surface area contributed by atoms with E-state index in [1.807, 2.05) is 0 Å². The number of ketones is 2. The van der Waals surface area contributed by atoms with Crippen molar-refractivity contribution in [2.75, 3.05) is 19.4 Å². The van der Waals surface area contributed by atoms with Crippen molar-refractivity contribution in [2.45, 2.75) is 31.4 Å². The van der Waals surface area contributed by atoms with E-state index in [0.717, 1.165) is 0 Å². The Morgan fingerprint density at radius 2 is 1.71 bits per heavy atom. The zero-order chi connectivity index (χ0) is 30.7. The third kappa shape index (κ3) is 4.32. The van der Waals surface area contributed by atoms with E-state index >= 15 is 0 Å². The molecule has 2 aromatic carbocycles. The van der Waals surface area contributed by atoms with Crippen molar-refractivity contribution in [1.82, 2.24) is 4.90 Å². The number of nitrogens with two attached hydrogens (primary N) is 1. The van der Waals surface area contributed by atoms with Gasteiger partial charge in [0.1, 0.15) is 22.8 Å². The van der Waals surface area contributed by atoms with Crippen molar-refractivity contribution < 1.29 is 39.6 Å². The number of allylic oxidation sites excluding steroid dienone is 1. The van der Waals surface area contributed by atoms with E-state index in [0.29, 0.717) is 22.4 Å². The molecule has 0 aromatic heterocycles. The molecule has 42 heavy (non-hydrogen) atoms. The number of carbonyl (C=O) groups is 4. The van der Waals surface area contributed by atoms with Crippen LogP contribution in [0.4, 0.5) is 5.69 Å². The molecule has 216 valence electrons. The zero-order valence-corrected chi connectivity index (χ0v) is 23.1. The summed E-state index contributed by atoms with van der Waals surface area (Å²) in [5.74, 6) is -1.20. The van der Waals surface area contributed by atoms with E-state index in [1.165, 1.54) is 17.9 Å². The van der Waals surface area contributed by atoms with Crippen LogP contribution in [0.5, 0.6) is 5.75 Å². The number of likely N-dealkylation sites (N-methyl/N-ethyl adjacent to an activating group) is 1. The Hall–Kier alpha value is -4.92. The van der Waals surface area contributed by atoms with Crippen LogP contribution in [0.25, 0.3) is 0 Å². The van der Waals surface area contributed by atoms with Gasteiger partial charge in [-0.25, -0.2) is 0 Å². The van der Waals surface area contributed by atoms with Crippen molar-refractivity contribution in [3.63, 3.8) is 0 Å². The predicted octanol–water partition coefficient (Wildman–Crippen LogP) is 1.48. The van der Waals surface area contributed by atoms with Crippen molar-refractivity contribution in [2.24, 2.45) is 17.6 Å². The van der Waals surface area contributed by atoms with Crippen LogP contribution in [0.1, 0.15) is 40.4 Å². The molecule has 0 saturated carbocycles. The lowest BCUT2D eigenvalue weighted by Crippen LogP contribution is -2.63. The summed E-state index contributed by atoms with van der Waals surface area (Å²) in [5, 5.41) is 47.3. The van der Waals surface area contributed by atoms with E-state index in [4.69, 9.17) is 5.73 Å². The Morgan fingerprint density at radius 3 is 2.31 bits per heavy atom. The lowest BCUT2D eigenvalue weighted by atomic mass is 9.58. The number of fused-ring (bicyclic) bond motifs is 3. The summed E-state index contributed by atoms with van der Waals surface area (Å²) >= 11 is 0. The second-order valence-electron chi connectivity index (χ2n) is 11.0. The Bertz CT molecular complexity index is 1690. The second kappa shape index (κ2) is 10.2. The Kier molecular flexibility index (Phi) is 6.92. The van der Waals surface area contributed by atoms with E-state index in [1.54, 1.807) is 44.4 Å². The molecule has 11 heteroatoms. The van der Waals surface area contributed by atoms with Crippen molar-refractivity contribution >= 4 is 29.1 Å². The SMILES string of the molecule is CC(=O)Nc1ccc(C#Cc2ccc(O)c3c2C[C@H]2C[C@@H]4[C@H](N(C)C)C(O)=C(C(N)=O)C(=O)[C@]4(O)C(O)=C2C3=O)cc1. The maximum absolute atomic E-state index is 13.8. The number of anilines is 1. The summed E-state index contributed by atoms with van der Waals surface area (Å²) in [7, 11) is 3.14. The molecule has 0 saturated heterocycles. The minimum Gasteiger partial charge on any atom is -0.510 e. The number of primary amides is 1. The van der Waals surface area contributed by atoms with Gasteiger partial charge in [-0.15, -0.1) is 0 Å². The fourth-order valence-corrected chi connectivity index (χ4v) is 6.35. The number of carbonyl (C=O) groups excluding carboxylic acids is 4. The molecular formula is C31H29N3O8. The van der Waals surface area contributed by atoms with Crippen LogP contribution in [-0.2, 0) is 20.8 Å². The van der Waals surface area contributed by atoms with Crippen LogP contribution in [0.2, 0.25) is 0 Å². The summed E-state index contributed by atoms with van der Waals surface area (Å²) < 4.78 is 0. The normalized spacial score (nSPS) is 24.8. The van der Waals surface area contributed by atoms with Gasteiger partial charge in [-0.1, -0.05) is 11.8 Å². The van der Waals surface area contributed by atoms with Gasteiger partial charge in [0.05, 0.1) is 11.6 Å². The van der Waals surface area contributed by atoms with Gasteiger partial charge in [-0.3, -0.25) is 24.1 Å². The molecule has 3 aliphatic carbocycles. The van der Waals surface area contributed by atoms with Gasteiger partial charge in [0.15, 0.2) is 11.4 Å². The topological polar surface area (TPSA) is 190 Å². The minimum absolute atomic E-state index is 0.0150. The van der Waals surface area contributed by atoms with E-state index < -0.39 is 58.0 Å². The largest absolute Gasteiger partial charge is 0.510 e. The summed E-state index contributed by atoms with van der Waals surface area (Å²) in [5.41, 5.74) is 3.62. The van der Waals surface area contributed by atoms with Crippen LogP contribution in [0.3, 0.4) is 0 Å². The zero-order valence-electron chi connectivity index (χ0n) is 23.1. The van der Waals surface area contributed by atoms with Gasteiger partial charge in [0.25, 0.3) is 5.91 Å². The Morgan fingerprint density at radius 1 is 1.05 bits per heavy atom. The molecule has 0 unspecified atom stereocenters. The van der Waals surface area contributed by atoms with Gasteiger partial charge in [0, 0.05) is 35.2 Å². The third-order valence-corrected chi connectivity index (χ3v) is 8.15. The molecule has 0 spiro atoms. The fourth-order valence-electron chi connectivity index (χ4n) is 6.35. The number of hydrogen-bond acceptors (Lipinski definition) is 9. The molecule has 5 rings (SSSR count). The highest BCUT2D eigenvalue weighted by Gasteiger charge is 2.63. The monoisotopic (exact) mass is 571 g/mol. The molecule has 4 atom stereocenters. The number of nitrogens with zero attached hydrogens (tertiary/aromatic N) is 1. The van der Waals surface area contributed by atoms with Crippen LogP contribution >= 0.6 is 0 Å². The number of aliphatic hydroxyl groups is 3. The number of phenols is 1. The molecule has 2 aromatic rings. The number of hydrogen-bond donors (Lipinski definition) is 6. The summed E-state index contributed by atoms with van der Waals surface area (Å²) in [6.07, 6.45) is 0.118. The standard InChI is InChI=1S/C31H29N3O8/c1-14(35)33-18-9-5-15(6-10-18)4-7-16-8-11-21(36)23-19(16)12-17-13-20-25(34(2)3)27(38)24(30(32)41)29(40)31(20,42)28(39)22(17)26(23)37/h5-6,8-11,17,20,25,36,38-39,42H,12-13H2,1-3H3,(H2,32,41)(H,33,35)/t17-,20+,25-,31+/m0/s1. The minimum atomic E-state index is -2.69. The number of amides is 2. The Balaban J connectivity index is 1.60. The molecule has 0 aliphatic heterocycles. The number of Topliss-reactive ketones (excluding diaryl/α,β-unsaturated/α-hetero) is 2. The average molecular weight is 572 g/mol. The average Bonchev–Trinajstić information content (AvgIpc) is 2.90. The molecule has 0 heterocycles. The predicted molar refractivity (Wildman–Crippen MR) is 150 cm³/mol. The number of nitrogens with one attached hydrogen (secondary N) is 1. The van der Waals surface area contributed by atoms with Crippen molar-refractivity contribution in [1.29, 1.82) is 0 Å². The quantitative estimate of drug-likeness (QED) is 0.234. The van der Waals surface area contributed by atoms with Gasteiger partial charge in [-0.05, 0) is 74.8 Å². The molecule has 0 bridgehead atoms. The van der Waals surface area contributed by atoms with Crippen LogP contribution in [-0.4, -0.2) is 74.4 Å². The third-order valence-electron chi connectivity index (χ3n) is 8.15. The maximum atomic E-state index is 13.8. The number of aromatic hydroxyl groups is 1. The highest BCUT2D eigenvalue weighted by atomic mass is 16.3. The molecule has 0 radical (unpaired) electrons. The molecule has 11 nitrogen and oxygen atoms in total. The molecule has 0 fully saturated rings. The van der Waals surface area contributed by atoms with E-state index in [9.17, 15) is 39.6 Å². The highest BCUT2D eigenvalue weighted by Crippen LogP contribution is 2.52. The first-order chi connectivity index (χ1) is 19.8. The molecular weight excluding hydrogens is 542 g/mol. The lowest BCUT2D eigenvalue weighted by Gasteiger charge is -2.50. The summed E-state index contributed by atoms with van der Waals surface area (Å²) in [4.78, 5) is 52.1. The van der Waals surface area contributed by atoms with E-state index in [-0.39, 0.29) is 35.6 Å². The molecule has 2 amide bonds. The highest BCUT2D eigenvalue weighted by molar-refractivity contribution is 6.24. The van der Waals surface area contributed by atoms with Crippen molar-refractivity contribution in [3.8, 4) is 17.6 Å². The molecule has 7 N–H and O–H groups in total. The first-order valence-electron chi connectivity index (χ1n) is 13.2. The van der Waals surface area contributed by atoms with Gasteiger partial charge in [0.2, 0.25) is 11.7 Å². The molecule has 3 aliphatic rings. The number of rotatable bonds is 3. The number of aliphatic hydroxyl groups excluding tert-OH is 2. The maximum Gasteiger partial charge on any atom is 0.255 e. The summed E-state index contributed by atoms with van der Waals surface area (Å²) in [6.45, 7) is 1.40. The smallest absolute Gasteiger partial charge is 0.255 e. The Labute approximate surface area is 240 Å². The first kappa shape index (κ1) is 28.6. The van der Waals surface area contributed by atoms with Gasteiger partial charge in [-0.2, -0.15) is 0 Å².